The van der Waals surface area contributed by atoms with Crippen LogP contribution in [-0.4, -0.2) is 8.80 Å². The van der Waals surface area contributed by atoms with Gasteiger partial charge < -0.3 is 0 Å². The molecule has 0 amide bonds. The van der Waals surface area contributed by atoms with Crippen LogP contribution in [0.25, 0.3) is 21.5 Å². The van der Waals surface area contributed by atoms with Crippen molar-refractivity contribution in [3.63, 3.8) is 0 Å². The largest absolute Gasteiger partial charge is 0.134 e. The SMILES string of the molecule is c1ccc([SiH](c2cccc3ccccc23)c2cccc3ccccc23)cc1. The maximum absolute atomic E-state index is 2.34. The van der Waals surface area contributed by atoms with Gasteiger partial charge in [0.15, 0.2) is 0 Å². The minimum Gasteiger partial charge on any atom is -0.0625 e. The van der Waals surface area contributed by atoms with Crippen LogP contribution in [0.4, 0.5) is 0 Å². The number of rotatable bonds is 3. The Hall–Kier alpha value is -3.16. The van der Waals surface area contributed by atoms with E-state index >= 15 is 0 Å². The quantitative estimate of drug-likeness (QED) is 0.333. The third-order valence-electron chi connectivity index (χ3n) is 5.40. The van der Waals surface area contributed by atoms with Gasteiger partial charge in [0.05, 0.1) is 0 Å². The van der Waals surface area contributed by atoms with Gasteiger partial charge in [-0.1, -0.05) is 120 Å². The molecule has 0 bridgehead atoms. The summed E-state index contributed by atoms with van der Waals surface area (Å²) in [4.78, 5) is 0. The summed E-state index contributed by atoms with van der Waals surface area (Å²) in [6.45, 7) is 0. The average Bonchev–Trinajstić information content (AvgIpc) is 2.75. The lowest BCUT2D eigenvalue weighted by Gasteiger charge is -2.21. The summed E-state index contributed by atoms with van der Waals surface area (Å²) in [5.41, 5.74) is 0. The van der Waals surface area contributed by atoms with Crippen LogP contribution >= 0.6 is 0 Å². The normalized spacial score (nSPS) is 11.3. The van der Waals surface area contributed by atoms with Crippen molar-refractivity contribution >= 4 is 45.9 Å². The van der Waals surface area contributed by atoms with Crippen LogP contribution in [0.1, 0.15) is 0 Å². The van der Waals surface area contributed by atoms with Gasteiger partial charge in [0.2, 0.25) is 0 Å². The van der Waals surface area contributed by atoms with Gasteiger partial charge in [0.1, 0.15) is 8.80 Å². The monoisotopic (exact) mass is 360 g/mol. The van der Waals surface area contributed by atoms with E-state index in [0.29, 0.717) is 0 Å². The molecule has 0 N–H and O–H groups in total. The van der Waals surface area contributed by atoms with Crippen LogP contribution in [-0.2, 0) is 0 Å². The van der Waals surface area contributed by atoms with E-state index in [0.717, 1.165) is 0 Å². The molecule has 0 fully saturated rings. The van der Waals surface area contributed by atoms with E-state index < -0.39 is 8.80 Å². The zero-order valence-corrected chi connectivity index (χ0v) is 16.2. The van der Waals surface area contributed by atoms with Crippen molar-refractivity contribution in [2.24, 2.45) is 0 Å². The minimum atomic E-state index is -1.61. The van der Waals surface area contributed by atoms with Crippen molar-refractivity contribution < 1.29 is 0 Å². The molecule has 0 heterocycles. The smallest absolute Gasteiger partial charge is 0.0625 e. The van der Waals surface area contributed by atoms with Crippen molar-refractivity contribution in [3.8, 4) is 0 Å². The van der Waals surface area contributed by atoms with Gasteiger partial charge in [0, 0.05) is 0 Å². The predicted molar refractivity (Wildman–Crippen MR) is 120 cm³/mol. The molecule has 5 rings (SSSR count). The fraction of sp³-hybridized carbons (Fsp3) is 0. The molecule has 0 atom stereocenters. The Balaban J connectivity index is 1.85. The van der Waals surface area contributed by atoms with Gasteiger partial charge in [0.25, 0.3) is 0 Å². The summed E-state index contributed by atoms with van der Waals surface area (Å²) in [7, 11) is -1.61. The first-order valence-electron chi connectivity index (χ1n) is 9.42. The van der Waals surface area contributed by atoms with Gasteiger partial charge in [-0.05, 0) is 31.9 Å². The highest BCUT2D eigenvalue weighted by Gasteiger charge is 2.22. The summed E-state index contributed by atoms with van der Waals surface area (Å²) >= 11 is 0. The second-order valence-electron chi connectivity index (χ2n) is 6.98. The molecule has 0 aliphatic carbocycles. The van der Waals surface area contributed by atoms with E-state index in [4.69, 9.17) is 0 Å². The minimum absolute atomic E-state index is 1.32. The second-order valence-corrected chi connectivity index (χ2v) is 9.76. The molecule has 0 saturated carbocycles. The molecule has 0 aromatic heterocycles. The molecule has 5 aromatic carbocycles. The second kappa shape index (κ2) is 6.86. The maximum Gasteiger partial charge on any atom is 0.134 e. The zero-order chi connectivity index (χ0) is 18.1. The Bertz CT molecular complexity index is 1130. The Kier molecular flexibility index (Phi) is 4.08. The number of hydrogen-bond donors (Lipinski definition) is 0. The fourth-order valence-corrected chi connectivity index (χ4v) is 7.59. The van der Waals surface area contributed by atoms with Gasteiger partial charge in [-0.25, -0.2) is 0 Å². The summed E-state index contributed by atoms with van der Waals surface area (Å²) in [6.07, 6.45) is 0. The maximum atomic E-state index is 2.34. The molecular formula is C26H20Si. The first-order valence-corrected chi connectivity index (χ1v) is 11.2. The van der Waals surface area contributed by atoms with Crippen molar-refractivity contribution in [3.05, 3.63) is 115 Å². The molecule has 5 aromatic rings. The van der Waals surface area contributed by atoms with Crippen LogP contribution in [0.15, 0.2) is 115 Å². The standard InChI is InChI=1S/C26H20Si/c1-2-14-22(15-3-1)27(25-18-8-12-20-10-4-6-16-23(20)25)26-19-9-13-21-11-5-7-17-24(21)26/h1-19,27H. The van der Waals surface area contributed by atoms with E-state index in [2.05, 4.69) is 115 Å². The van der Waals surface area contributed by atoms with Gasteiger partial charge >= 0.3 is 0 Å². The van der Waals surface area contributed by atoms with E-state index in [1.165, 1.54) is 37.1 Å². The molecule has 0 radical (unpaired) electrons. The Morgan fingerprint density at radius 3 is 1.37 bits per heavy atom. The number of benzene rings is 5. The van der Waals surface area contributed by atoms with Gasteiger partial charge in [-0.3, -0.25) is 0 Å². The highest BCUT2D eigenvalue weighted by atomic mass is 28.3. The molecule has 0 nitrogen and oxygen atoms in total. The van der Waals surface area contributed by atoms with Crippen LogP contribution in [0.5, 0.6) is 0 Å². The predicted octanol–water partition coefficient (Wildman–Crippen LogP) is 4.24. The van der Waals surface area contributed by atoms with Crippen molar-refractivity contribution in [1.82, 2.24) is 0 Å². The van der Waals surface area contributed by atoms with Crippen molar-refractivity contribution in [2.75, 3.05) is 0 Å². The van der Waals surface area contributed by atoms with Gasteiger partial charge in [-0.15, -0.1) is 0 Å². The lowest BCUT2D eigenvalue weighted by molar-refractivity contribution is 1.73. The van der Waals surface area contributed by atoms with E-state index in [1.807, 2.05) is 0 Å². The lowest BCUT2D eigenvalue weighted by atomic mass is 10.1. The van der Waals surface area contributed by atoms with Crippen LogP contribution in [0.2, 0.25) is 0 Å². The summed E-state index contributed by atoms with van der Waals surface area (Å²) < 4.78 is 0. The third-order valence-corrected chi connectivity index (χ3v) is 8.70. The van der Waals surface area contributed by atoms with Gasteiger partial charge in [-0.2, -0.15) is 0 Å². The highest BCUT2D eigenvalue weighted by molar-refractivity contribution is 6.98. The molecular weight excluding hydrogens is 340 g/mol. The molecule has 1 heteroatoms. The first kappa shape index (κ1) is 16.0. The third kappa shape index (κ3) is 2.86. The number of hydrogen-bond acceptors (Lipinski definition) is 0. The van der Waals surface area contributed by atoms with Crippen molar-refractivity contribution in [1.29, 1.82) is 0 Å². The van der Waals surface area contributed by atoms with E-state index in [9.17, 15) is 0 Å². The molecule has 27 heavy (non-hydrogen) atoms. The van der Waals surface area contributed by atoms with Crippen LogP contribution < -0.4 is 15.6 Å². The molecule has 128 valence electrons. The highest BCUT2D eigenvalue weighted by Crippen LogP contribution is 2.15. The van der Waals surface area contributed by atoms with Crippen LogP contribution in [0, 0.1) is 0 Å². The topological polar surface area (TPSA) is 0 Å². The van der Waals surface area contributed by atoms with Crippen LogP contribution in [0.3, 0.4) is 0 Å². The molecule has 0 aliphatic heterocycles. The zero-order valence-electron chi connectivity index (χ0n) is 15.0. The molecule has 0 aliphatic rings. The fourth-order valence-electron chi connectivity index (χ4n) is 4.18. The first-order chi connectivity index (χ1) is 13.4. The summed E-state index contributed by atoms with van der Waals surface area (Å²) in [5.74, 6) is 0. The van der Waals surface area contributed by atoms with E-state index in [-0.39, 0.29) is 0 Å². The summed E-state index contributed by atoms with van der Waals surface area (Å²) in [6, 6.07) is 42.2. The Morgan fingerprint density at radius 1 is 0.370 bits per heavy atom. The Morgan fingerprint density at radius 2 is 0.815 bits per heavy atom. The molecule has 0 unspecified atom stereocenters. The molecule has 0 saturated heterocycles. The number of fused-ring (bicyclic) bond motifs is 2. The Labute approximate surface area is 161 Å². The summed E-state index contributed by atoms with van der Waals surface area (Å²) in [5, 5.41) is 9.87. The lowest BCUT2D eigenvalue weighted by Crippen LogP contribution is -2.52. The van der Waals surface area contributed by atoms with E-state index in [1.54, 1.807) is 0 Å². The average molecular weight is 361 g/mol. The molecule has 0 spiro atoms. The van der Waals surface area contributed by atoms with Crippen molar-refractivity contribution in [2.45, 2.75) is 0 Å².